The molecule has 2 aromatic heterocycles. The van der Waals surface area contributed by atoms with Gasteiger partial charge < -0.3 is 10.0 Å². The highest BCUT2D eigenvalue weighted by Crippen LogP contribution is 2.43. The van der Waals surface area contributed by atoms with E-state index in [1.165, 1.54) is 23.7 Å². The number of hydrogen-bond acceptors (Lipinski definition) is 7. The number of benzene rings is 2. The van der Waals surface area contributed by atoms with Crippen LogP contribution >= 0.6 is 11.3 Å². The number of rotatable bonds is 6. The van der Waals surface area contributed by atoms with E-state index in [2.05, 4.69) is 9.97 Å². The fourth-order valence-corrected chi connectivity index (χ4v) is 6.38. The summed E-state index contributed by atoms with van der Waals surface area (Å²) in [6.45, 7) is 0.988. The van der Waals surface area contributed by atoms with Gasteiger partial charge in [-0.1, -0.05) is 11.3 Å². The lowest BCUT2D eigenvalue weighted by molar-refractivity contribution is 0.145. The van der Waals surface area contributed by atoms with E-state index in [1.54, 1.807) is 12.1 Å². The van der Waals surface area contributed by atoms with Crippen LogP contribution in [0.15, 0.2) is 59.8 Å². The number of nitrogens with one attached hydrogen (secondary N) is 1. The van der Waals surface area contributed by atoms with Gasteiger partial charge in [-0.3, -0.25) is 9.71 Å². The molecule has 0 radical (unpaired) electrons. The fourth-order valence-electron chi connectivity index (χ4n) is 4.10. The maximum Gasteiger partial charge on any atom is 0.265 e. The molecule has 1 aliphatic rings. The molecule has 13 heteroatoms. The van der Waals surface area contributed by atoms with Crippen molar-refractivity contribution >= 4 is 32.2 Å². The average molecular weight is 565 g/mol. The molecule has 2 aromatic carbocycles. The van der Waals surface area contributed by atoms with Gasteiger partial charge >= 0.3 is 0 Å². The summed E-state index contributed by atoms with van der Waals surface area (Å²) < 4.78 is 86.1. The maximum absolute atomic E-state index is 15.8. The highest BCUT2D eigenvalue weighted by molar-refractivity contribution is 7.92. The maximum atomic E-state index is 15.8. The molecule has 1 fully saturated rings. The number of aliphatic hydroxyl groups is 1. The van der Waals surface area contributed by atoms with Gasteiger partial charge in [0.25, 0.3) is 10.0 Å². The molecule has 0 aliphatic carbocycles. The molecule has 0 bridgehead atoms. The summed E-state index contributed by atoms with van der Waals surface area (Å²) in [5.74, 6) is -4.51. The molecular formula is C25H20F4N4O3S2. The third-order valence-corrected chi connectivity index (χ3v) is 8.59. The minimum Gasteiger partial charge on any atom is -0.393 e. The summed E-state index contributed by atoms with van der Waals surface area (Å²) in [5, 5.41) is 10.3. The van der Waals surface area contributed by atoms with Gasteiger partial charge in [-0.15, -0.1) is 0 Å². The van der Waals surface area contributed by atoms with Crippen LogP contribution < -0.4 is 9.62 Å². The molecule has 0 atom stereocenters. The normalized spacial score (nSPS) is 14.6. The van der Waals surface area contributed by atoms with Gasteiger partial charge in [0.05, 0.1) is 27.9 Å². The van der Waals surface area contributed by atoms with Gasteiger partial charge in [0.15, 0.2) is 10.9 Å². The second-order valence-corrected chi connectivity index (χ2v) is 11.2. The minimum absolute atomic E-state index is 0.0599. The quantitative estimate of drug-likeness (QED) is 0.313. The van der Waals surface area contributed by atoms with Crippen molar-refractivity contribution in [2.75, 3.05) is 22.7 Å². The molecule has 3 heterocycles. The molecule has 0 saturated carbocycles. The molecule has 5 rings (SSSR count). The minimum atomic E-state index is -4.77. The number of sulfonamides is 1. The van der Waals surface area contributed by atoms with Gasteiger partial charge in [-0.25, -0.2) is 31.0 Å². The largest absolute Gasteiger partial charge is 0.393 e. The summed E-state index contributed by atoms with van der Waals surface area (Å²) in [6.07, 6.45) is 3.61. The van der Waals surface area contributed by atoms with Crippen molar-refractivity contribution in [3.8, 4) is 21.7 Å². The Morgan fingerprint density at radius 3 is 2.37 bits per heavy atom. The number of nitrogens with zero attached hydrogens (tertiary/aromatic N) is 3. The molecule has 7 nitrogen and oxygen atoms in total. The lowest BCUT2D eigenvalue weighted by Gasteiger charge is -2.29. The zero-order valence-electron chi connectivity index (χ0n) is 19.5. The zero-order valence-corrected chi connectivity index (χ0v) is 21.2. The predicted molar refractivity (Wildman–Crippen MR) is 135 cm³/mol. The molecule has 0 amide bonds. The standard InChI is InChI=1S/C25H20F4N4O3S2/c26-15-1-2-17(27)20(13-15)38(35,36)32-19-4-3-18(28)21(22(19)29)23-24(14-5-9-30-10-6-14)37-25(31-23)33-11-7-16(34)8-12-33/h1-6,9-10,13,16,32,34H,7-8,11-12H2. The van der Waals surface area contributed by atoms with Crippen LogP contribution in [0.2, 0.25) is 0 Å². The van der Waals surface area contributed by atoms with Crippen molar-refractivity contribution in [3.63, 3.8) is 0 Å². The van der Waals surface area contributed by atoms with Crippen molar-refractivity contribution in [2.24, 2.45) is 0 Å². The second kappa shape index (κ2) is 10.3. The summed E-state index contributed by atoms with van der Waals surface area (Å²) in [5.41, 5.74) is -0.727. The Bertz CT molecular complexity index is 1590. The Balaban J connectivity index is 1.61. The van der Waals surface area contributed by atoms with E-state index in [9.17, 15) is 22.3 Å². The number of aromatic nitrogens is 2. The first-order valence-corrected chi connectivity index (χ1v) is 13.7. The molecular weight excluding hydrogens is 544 g/mol. The number of halogens is 4. The fraction of sp³-hybridized carbons (Fsp3) is 0.200. The topological polar surface area (TPSA) is 95.4 Å². The molecule has 1 saturated heterocycles. The van der Waals surface area contributed by atoms with Gasteiger partial charge in [-0.05, 0) is 60.9 Å². The van der Waals surface area contributed by atoms with Crippen LogP contribution in [0.25, 0.3) is 21.7 Å². The lowest BCUT2D eigenvalue weighted by atomic mass is 10.1. The van der Waals surface area contributed by atoms with Crippen molar-refractivity contribution in [1.29, 1.82) is 0 Å². The Hall–Kier alpha value is -3.55. The summed E-state index contributed by atoms with van der Waals surface area (Å²) in [4.78, 5) is 9.80. The number of piperidine rings is 1. The Kier molecular flexibility index (Phi) is 7.07. The number of hydrogen-bond donors (Lipinski definition) is 2. The third-order valence-electron chi connectivity index (χ3n) is 6.05. The molecule has 0 unspecified atom stereocenters. The predicted octanol–water partition coefficient (Wildman–Crippen LogP) is 5.19. The molecule has 0 spiro atoms. The van der Waals surface area contributed by atoms with Crippen LogP contribution in [0.4, 0.5) is 28.4 Å². The summed E-state index contributed by atoms with van der Waals surface area (Å²) >= 11 is 1.19. The van der Waals surface area contributed by atoms with E-state index in [0.717, 1.165) is 18.2 Å². The molecule has 38 heavy (non-hydrogen) atoms. The van der Waals surface area contributed by atoms with Crippen molar-refractivity contribution in [3.05, 3.63) is 78.1 Å². The van der Waals surface area contributed by atoms with Crippen molar-refractivity contribution in [2.45, 2.75) is 23.8 Å². The van der Waals surface area contributed by atoms with E-state index in [-0.39, 0.29) is 5.69 Å². The first-order valence-electron chi connectivity index (χ1n) is 11.4. The second-order valence-electron chi connectivity index (χ2n) is 8.59. The van der Waals surface area contributed by atoms with Crippen molar-refractivity contribution < 1.29 is 31.1 Å². The van der Waals surface area contributed by atoms with Gasteiger partial charge in [0, 0.05) is 25.5 Å². The molecule has 1 aliphatic heterocycles. The first kappa shape index (κ1) is 26.1. The molecule has 4 aromatic rings. The summed E-state index contributed by atoms with van der Waals surface area (Å²) in [6, 6.07) is 6.86. The Morgan fingerprint density at radius 1 is 0.974 bits per heavy atom. The van der Waals surface area contributed by atoms with Crippen molar-refractivity contribution in [1.82, 2.24) is 9.97 Å². The summed E-state index contributed by atoms with van der Waals surface area (Å²) in [7, 11) is -4.77. The average Bonchev–Trinajstić information content (AvgIpc) is 3.33. The van der Waals surface area contributed by atoms with E-state index in [4.69, 9.17) is 0 Å². The third kappa shape index (κ3) is 5.08. The lowest BCUT2D eigenvalue weighted by Crippen LogP contribution is -2.35. The van der Waals surface area contributed by atoms with Crippen LogP contribution in [0, 0.1) is 23.3 Å². The first-order chi connectivity index (χ1) is 18.1. The highest BCUT2D eigenvalue weighted by Gasteiger charge is 2.28. The van der Waals surface area contributed by atoms with E-state index < -0.39 is 55.5 Å². The zero-order chi connectivity index (χ0) is 27.0. The van der Waals surface area contributed by atoms with Gasteiger partial charge in [0.1, 0.15) is 22.3 Å². The van der Waals surface area contributed by atoms with Crippen LogP contribution in [-0.2, 0) is 10.0 Å². The SMILES string of the molecule is O=S(=O)(Nc1ccc(F)c(-c2nc(N3CCC(O)CC3)sc2-c2ccncc2)c1F)c1cc(F)ccc1F. The number of anilines is 2. The molecule has 2 N–H and O–H groups in total. The smallest absolute Gasteiger partial charge is 0.265 e. The van der Waals surface area contributed by atoms with E-state index in [0.29, 0.717) is 53.6 Å². The van der Waals surface area contributed by atoms with Gasteiger partial charge in [0.2, 0.25) is 0 Å². The van der Waals surface area contributed by atoms with Crippen LogP contribution in [-0.4, -0.2) is 42.7 Å². The van der Waals surface area contributed by atoms with Crippen LogP contribution in [0.3, 0.4) is 0 Å². The van der Waals surface area contributed by atoms with Gasteiger partial charge in [-0.2, -0.15) is 0 Å². The number of thiazole rings is 1. The molecule has 198 valence electrons. The Morgan fingerprint density at radius 2 is 1.66 bits per heavy atom. The van der Waals surface area contributed by atoms with Crippen LogP contribution in [0.5, 0.6) is 0 Å². The van der Waals surface area contributed by atoms with E-state index in [1.807, 2.05) is 9.62 Å². The number of aliphatic hydroxyl groups excluding tert-OH is 1. The van der Waals surface area contributed by atoms with Crippen LogP contribution in [0.1, 0.15) is 12.8 Å². The monoisotopic (exact) mass is 564 g/mol. The Labute approximate surface area is 219 Å². The number of pyridine rings is 1. The van der Waals surface area contributed by atoms with E-state index >= 15 is 8.78 Å². The highest BCUT2D eigenvalue weighted by atomic mass is 32.2.